The molecule has 0 unspecified atom stereocenters. The van der Waals surface area contributed by atoms with E-state index in [4.69, 9.17) is 4.42 Å². The van der Waals surface area contributed by atoms with Gasteiger partial charge in [0.05, 0.1) is 5.39 Å². The van der Waals surface area contributed by atoms with Gasteiger partial charge in [-0.2, -0.15) is 4.39 Å². The summed E-state index contributed by atoms with van der Waals surface area (Å²) in [5.41, 5.74) is 2.17. The Morgan fingerprint density at radius 2 is 1.42 bits per heavy atom. The standard InChI is InChI=1S/C27H26F2O2/c1-2-3-4-5-6-7-8-18-9-11-19(12-10-18)20-13-14-21-22-15-16-24(28)25(29)26(22)31-27(30)23(21)17-20/h9-17H,2-8H2,1H3. The molecule has 0 atom stereocenters. The number of aryl methyl sites for hydroxylation is 1. The molecule has 3 aromatic carbocycles. The number of unbranched alkanes of at least 4 members (excludes halogenated alkanes) is 5. The van der Waals surface area contributed by atoms with Crippen molar-refractivity contribution < 1.29 is 13.2 Å². The fourth-order valence-electron chi connectivity index (χ4n) is 4.09. The summed E-state index contributed by atoms with van der Waals surface area (Å²) in [6, 6.07) is 16.3. The topological polar surface area (TPSA) is 30.2 Å². The van der Waals surface area contributed by atoms with Gasteiger partial charge in [0.2, 0.25) is 5.82 Å². The predicted molar refractivity (Wildman–Crippen MR) is 122 cm³/mol. The molecule has 0 aliphatic heterocycles. The number of hydrogen-bond acceptors (Lipinski definition) is 2. The lowest BCUT2D eigenvalue weighted by Gasteiger charge is -2.08. The Bertz CT molecular complexity index is 1260. The molecular formula is C27H26F2O2. The summed E-state index contributed by atoms with van der Waals surface area (Å²) in [6.07, 6.45) is 8.75. The highest BCUT2D eigenvalue weighted by molar-refractivity contribution is 6.05. The molecule has 0 saturated carbocycles. The Balaban J connectivity index is 1.56. The van der Waals surface area contributed by atoms with Crippen LogP contribution in [0.4, 0.5) is 8.78 Å². The van der Waals surface area contributed by atoms with E-state index in [1.807, 2.05) is 6.07 Å². The highest BCUT2D eigenvalue weighted by Crippen LogP contribution is 2.29. The van der Waals surface area contributed by atoms with Gasteiger partial charge in [0.15, 0.2) is 11.4 Å². The third-order valence-corrected chi connectivity index (χ3v) is 5.88. The van der Waals surface area contributed by atoms with E-state index in [1.54, 1.807) is 12.1 Å². The number of rotatable bonds is 8. The van der Waals surface area contributed by atoms with Crippen LogP contribution in [0.25, 0.3) is 32.9 Å². The van der Waals surface area contributed by atoms with Gasteiger partial charge in [-0.25, -0.2) is 9.18 Å². The molecule has 1 heterocycles. The quantitative estimate of drug-likeness (QED) is 0.165. The van der Waals surface area contributed by atoms with Gasteiger partial charge in [-0.05, 0) is 47.7 Å². The molecule has 1 aromatic heterocycles. The molecule has 0 aliphatic carbocycles. The minimum absolute atomic E-state index is 0.343. The average molecular weight is 420 g/mol. The minimum atomic E-state index is -1.14. The summed E-state index contributed by atoms with van der Waals surface area (Å²) in [5.74, 6) is -2.17. The maximum Gasteiger partial charge on any atom is 0.344 e. The summed E-state index contributed by atoms with van der Waals surface area (Å²) in [4.78, 5) is 12.5. The van der Waals surface area contributed by atoms with Crippen molar-refractivity contribution in [1.29, 1.82) is 0 Å². The Hall–Kier alpha value is -3.01. The molecular weight excluding hydrogens is 394 g/mol. The van der Waals surface area contributed by atoms with E-state index >= 15 is 0 Å². The predicted octanol–water partition coefficient (Wildman–Crippen LogP) is 7.79. The van der Waals surface area contributed by atoms with Crippen molar-refractivity contribution in [2.45, 2.75) is 51.9 Å². The van der Waals surface area contributed by atoms with E-state index in [1.165, 1.54) is 50.2 Å². The second kappa shape index (κ2) is 9.42. The van der Waals surface area contributed by atoms with E-state index < -0.39 is 17.3 Å². The Labute approximate surface area is 180 Å². The summed E-state index contributed by atoms with van der Waals surface area (Å²) >= 11 is 0. The normalized spacial score (nSPS) is 11.5. The number of hydrogen-bond donors (Lipinski definition) is 0. The zero-order chi connectivity index (χ0) is 21.8. The van der Waals surface area contributed by atoms with Gasteiger partial charge in [-0.15, -0.1) is 0 Å². The van der Waals surface area contributed by atoms with Crippen molar-refractivity contribution in [2.75, 3.05) is 0 Å². The van der Waals surface area contributed by atoms with Crippen molar-refractivity contribution in [3.63, 3.8) is 0 Å². The maximum absolute atomic E-state index is 14.0. The highest BCUT2D eigenvalue weighted by Gasteiger charge is 2.15. The summed E-state index contributed by atoms with van der Waals surface area (Å²) < 4.78 is 32.7. The second-order valence-corrected chi connectivity index (χ2v) is 8.10. The van der Waals surface area contributed by atoms with Crippen molar-refractivity contribution >= 4 is 21.7 Å². The molecule has 4 rings (SSSR count). The van der Waals surface area contributed by atoms with Gasteiger partial charge in [-0.3, -0.25) is 0 Å². The summed E-state index contributed by atoms with van der Waals surface area (Å²) in [6.45, 7) is 2.23. The van der Waals surface area contributed by atoms with E-state index in [0.717, 1.165) is 23.6 Å². The maximum atomic E-state index is 14.0. The smallest absolute Gasteiger partial charge is 0.344 e. The van der Waals surface area contributed by atoms with Crippen molar-refractivity contribution in [3.05, 3.63) is 82.2 Å². The lowest BCUT2D eigenvalue weighted by molar-refractivity contribution is 0.480. The zero-order valence-corrected chi connectivity index (χ0v) is 17.7. The Morgan fingerprint density at radius 3 is 2.19 bits per heavy atom. The zero-order valence-electron chi connectivity index (χ0n) is 17.7. The van der Waals surface area contributed by atoms with E-state index in [0.29, 0.717) is 16.2 Å². The fourth-order valence-corrected chi connectivity index (χ4v) is 4.09. The fraction of sp³-hybridized carbons (Fsp3) is 0.296. The summed E-state index contributed by atoms with van der Waals surface area (Å²) in [5, 5.41) is 1.29. The van der Waals surface area contributed by atoms with Crippen molar-refractivity contribution in [2.24, 2.45) is 0 Å². The van der Waals surface area contributed by atoms with Gasteiger partial charge in [0.1, 0.15) is 0 Å². The first-order valence-corrected chi connectivity index (χ1v) is 11.0. The van der Waals surface area contributed by atoms with Crippen LogP contribution in [0.5, 0.6) is 0 Å². The lowest BCUT2D eigenvalue weighted by atomic mass is 9.98. The molecule has 0 bridgehead atoms. The van der Waals surface area contributed by atoms with Crippen molar-refractivity contribution in [3.8, 4) is 11.1 Å². The van der Waals surface area contributed by atoms with Gasteiger partial charge in [-0.1, -0.05) is 75.4 Å². The van der Waals surface area contributed by atoms with Gasteiger partial charge >= 0.3 is 5.63 Å². The highest BCUT2D eigenvalue weighted by atomic mass is 19.2. The van der Waals surface area contributed by atoms with Gasteiger partial charge < -0.3 is 4.42 Å². The van der Waals surface area contributed by atoms with Crippen LogP contribution in [0.1, 0.15) is 51.0 Å². The van der Waals surface area contributed by atoms with Crippen LogP contribution in [-0.2, 0) is 6.42 Å². The molecule has 31 heavy (non-hydrogen) atoms. The molecule has 0 saturated heterocycles. The molecule has 0 radical (unpaired) electrons. The molecule has 4 heteroatoms. The SMILES string of the molecule is CCCCCCCCc1ccc(-c2ccc3c(c2)c(=O)oc2c(F)c(F)ccc23)cc1. The minimum Gasteiger partial charge on any atom is -0.419 e. The third-order valence-electron chi connectivity index (χ3n) is 5.88. The van der Waals surface area contributed by atoms with Crippen LogP contribution in [0.2, 0.25) is 0 Å². The molecule has 160 valence electrons. The van der Waals surface area contributed by atoms with Crippen LogP contribution >= 0.6 is 0 Å². The van der Waals surface area contributed by atoms with Crippen LogP contribution < -0.4 is 5.63 Å². The molecule has 4 aromatic rings. The number of halogens is 2. The molecule has 0 amide bonds. The molecule has 0 spiro atoms. The van der Waals surface area contributed by atoms with Crippen LogP contribution in [-0.4, -0.2) is 0 Å². The van der Waals surface area contributed by atoms with Crippen LogP contribution in [0, 0.1) is 11.6 Å². The Kier molecular flexibility index (Phi) is 6.45. The largest absolute Gasteiger partial charge is 0.419 e. The van der Waals surface area contributed by atoms with Crippen molar-refractivity contribution in [1.82, 2.24) is 0 Å². The summed E-state index contributed by atoms with van der Waals surface area (Å²) in [7, 11) is 0. The van der Waals surface area contributed by atoms with E-state index in [9.17, 15) is 13.6 Å². The first kappa shape index (κ1) is 21.2. The van der Waals surface area contributed by atoms with Crippen LogP contribution in [0.15, 0.2) is 63.8 Å². The van der Waals surface area contributed by atoms with Gasteiger partial charge in [0, 0.05) is 10.8 Å². The van der Waals surface area contributed by atoms with Crippen LogP contribution in [0.3, 0.4) is 0 Å². The monoisotopic (exact) mass is 420 g/mol. The van der Waals surface area contributed by atoms with E-state index in [-0.39, 0.29) is 5.58 Å². The first-order chi connectivity index (χ1) is 15.1. The average Bonchev–Trinajstić information content (AvgIpc) is 2.79. The molecule has 0 N–H and O–H groups in total. The first-order valence-electron chi connectivity index (χ1n) is 11.0. The number of fused-ring (bicyclic) bond motifs is 3. The second-order valence-electron chi connectivity index (χ2n) is 8.10. The molecule has 0 fully saturated rings. The molecule has 0 aliphatic rings. The number of benzene rings is 3. The van der Waals surface area contributed by atoms with Gasteiger partial charge in [0.25, 0.3) is 0 Å². The van der Waals surface area contributed by atoms with E-state index in [2.05, 4.69) is 31.2 Å². The molecule has 2 nitrogen and oxygen atoms in total. The lowest BCUT2D eigenvalue weighted by Crippen LogP contribution is -2.02. The Morgan fingerprint density at radius 1 is 0.742 bits per heavy atom. The third kappa shape index (κ3) is 4.53.